The Morgan fingerprint density at radius 1 is 1.00 bits per heavy atom. The van der Waals surface area contributed by atoms with Crippen molar-refractivity contribution in [3.8, 4) is 39.9 Å². The lowest BCUT2D eigenvalue weighted by Gasteiger charge is -2.26. The van der Waals surface area contributed by atoms with Gasteiger partial charge in [0.2, 0.25) is 5.43 Å². The molecule has 0 radical (unpaired) electrons. The van der Waals surface area contributed by atoms with Crippen molar-refractivity contribution < 1.29 is 33.3 Å². The van der Waals surface area contributed by atoms with E-state index in [0.29, 0.717) is 35.2 Å². The van der Waals surface area contributed by atoms with Gasteiger partial charge in [0.25, 0.3) is 0 Å². The number of phenols is 1. The fourth-order valence-corrected chi connectivity index (χ4v) is 4.68. The average molecular weight is 517 g/mol. The van der Waals surface area contributed by atoms with Crippen LogP contribution >= 0.6 is 0 Å². The lowest BCUT2D eigenvalue weighted by molar-refractivity contribution is -0.135. The second-order valence-corrected chi connectivity index (χ2v) is 9.56. The van der Waals surface area contributed by atoms with Crippen LogP contribution in [-0.2, 0) is 4.79 Å². The number of carbonyl (C=O) groups excluding carboxylic acids is 1. The molecular formula is C30H28O8. The summed E-state index contributed by atoms with van der Waals surface area (Å²) in [7, 11) is 3.03. The SMILES string of the molecule is COc1ccc(-c2coc3c4c(cc(O)c3c2=O)OC(=O)C[C@H]4c2ccc(OCC(C)C)cc2)cc1OC. The summed E-state index contributed by atoms with van der Waals surface area (Å²) in [6.45, 7) is 4.74. The van der Waals surface area contributed by atoms with Crippen LogP contribution in [0, 0.1) is 5.92 Å². The van der Waals surface area contributed by atoms with Crippen LogP contribution in [-0.4, -0.2) is 31.9 Å². The number of hydrogen-bond donors (Lipinski definition) is 1. The quantitative estimate of drug-likeness (QED) is 0.248. The molecule has 196 valence electrons. The van der Waals surface area contributed by atoms with Crippen LogP contribution in [0.4, 0.5) is 0 Å². The lowest BCUT2D eigenvalue weighted by Crippen LogP contribution is -2.22. The van der Waals surface area contributed by atoms with Gasteiger partial charge in [-0.05, 0) is 41.3 Å². The van der Waals surface area contributed by atoms with Crippen molar-refractivity contribution in [3.05, 3.63) is 76.1 Å². The molecule has 0 saturated heterocycles. The summed E-state index contributed by atoms with van der Waals surface area (Å²) in [6, 6.07) is 13.8. The van der Waals surface area contributed by atoms with Crippen molar-refractivity contribution >= 4 is 16.9 Å². The topological polar surface area (TPSA) is 104 Å². The molecule has 0 amide bonds. The smallest absolute Gasteiger partial charge is 0.312 e. The maximum Gasteiger partial charge on any atom is 0.312 e. The number of rotatable bonds is 7. The molecule has 3 aromatic carbocycles. The molecule has 8 nitrogen and oxygen atoms in total. The molecule has 0 bridgehead atoms. The average Bonchev–Trinajstić information content (AvgIpc) is 2.91. The Morgan fingerprint density at radius 3 is 2.42 bits per heavy atom. The predicted octanol–water partition coefficient (Wildman–Crippen LogP) is 5.66. The van der Waals surface area contributed by atoms with Gasteiger partial charge >= 0.3 is 5.97 Å². The van der Waals surface area contributed by atoms with E-state index in [1.165, 1.54) is 26.5 Å². The van der Waals surface area contributed by atoms with Crippen LogP contribution in [0.25, 0.3) is 22.1 Å². The van der Waals surface area contributed by atoms with Crippen molar-refractivity contribution in [1.29, 1.82) is 0 Å². The van der Waals surface area contributed by atoms with Crippen molar-refractivity contribution in [3.63, 3.8) is 0 Å². The van der Waals surface area contributed by atoms with Crippen LogP contribution in [0.3, 0.4) is 0 Å². The second-order valence-electron chi connectivity index (χ2n) is 9.56. The predicted molar refractivity (Wildman–Crippen MR) is 142 cm³/mol. The van der Waals surface area contributed by atoms with E-state index in [2.05, 4.69) is 13.8 Å². The molecule has 1 N–H and O–H groups in total. The molecule has 2 heterocycles. The van der Waals surface area contributed by atoms with Crippen molar-refractivity contribution in [2.45, 2.75) is 26.2 Å². The Kier molecular flexibility index (Phi) is 6.72. The fourth-order valence-electron chi connectivity index (χ4n) is 4.68. The highest BCUT2D eigenvalue weighted by atomic mass is 16.5. The summed E-state index contributed by atoms with van der Waals surface area (Å²) >= 11 is 0. The summed E-state index contributed by atoms with van der Waals surface area (Å²) in [5.41, 5.74) is 1.89. The van der Waals surface area contributed by atoms with E-state index in [9.17, 15) is 14.7 Å². The Labute approximate surface area is 219 Å². The van der Waals surface area contributed by atoms with Gasteiger partial charge in [-0.1, -0.05) is 32.0 Å². The summed E-state index contributed by atoms with van der Waals surface area (Å²) in [6.07, 6.45) is 1.40. The highest BCUT2D eigenvalue weighted by Gasteiger charge is 2.33. The zero-order valence-electron chi connectivity index (χ0n) is 21.6. The lowest BCUT2D eigenvalue weighted by atomic mass is 9.85. The van der Waals surface area contributed by atoms with E-state index in [-0.39, 0.29) is 34.5 Å². The Morgan fingerprint density at radius 2 is 1.74 bits per heavy atom. The number of esters is 1. The first-order valence-electron chi connectivity index (χ1n) is 12.3. The molecule has 4 aromatic rings. The van der Waals surface area contributed by atoms with Gasteiger partial charge in [-0.3, -0.25) is 9.59 Å². The van der Waals surface area contributed by atoms with Gasteiger partial charge in [0.15, 0.2) is 11.5 Å². The van der Waals surface area contributed by atoms with Crippen molar-refractivity contribution in [1.82, 2.24) is 0 Å². The Hall–Kier alpha value is -4.46. The molecule has 38 heavy (non-hydrogen) atoms. The van der Waals surface area contributed by atoms with Gasteiger partial charge in [0.05, 0.1) is 32.8 Å². The fraction of sp³-hybridized carbons (Fsp3) is 0.267. The zero-order valence-corrected chi connectivity index (χ0v) is 21.6. The molecule has 0 saturated carbocycles. The monoisotopic (exact) mass is 516 g/mol. The van der Waals surface area contributed by atoms with E-state index >= 15 is 0 Å². The number of benzene rings is 3. The molecule has 0 fully saturated rings. The third kappa shape index (κ3) is 4.53. The number of ether oxygens (including phenoxy) is 4. The molecule has 1 aromatic heterocycles. The van der Waals surface area contributed by atoms with Gasteiger partial charge in [0.1, 0.15) is 34.5 Å². The third-order valence-electron chi connectivity index (χ3n) is 6.53. The van der Waals surface area contributed by atoms with Gasteiger partial charge in [0, 0.05) is 17.5 Å². The summed E-state index contributed by atoms with van der Waals surface area (Å²) in [5, 5.41) is 10.8. The Balaban J connectivity index is 1.63. The number of aromatic hydroxyl groups is 1. The maximum absolute atomic E-state index is 13.7. The molecule has 1 atom stereocenters. The minimum atomic E-state index is -0.441. The minimum Gasteiger partial charge on any atom is -0.507 e. The normalized spacial score (nSPS) is 14.8. The standard InChI is InChI=1S/C30H28O8/c1-16(2)14-36-19-8-5-17(6-9-19)20-12-26(32)38-25-13-22(31)28-29(33)21(15-37-30(28)27(20)25)18-7-10-23(34-3)24(11-18)35-4/h5-11,13,15-16,20,31H,12,14H2,1-4H3/t20-/m0/s1. The van der Waals surface area contributed by atoms with Gasteiger partial charge < -0.3 is 28.5 Å². The first kappa shape index (κ1) is 25.2. The van der Waals surface area contributed by atoms with E-state index in [0.717, 1.165) is 11.3 Å². The minimum absolute atomic E-state index is 0.0101. The van der Waals surface area contributed by atoms with E-state index < -0.39 is 17.3 Å². The van der Waals surface area contributed by atoms with Gasteiger partial charge in [-0.15, -0.1) is 0 Å². The number of phenolic OH excluding ortho intramolecular Hbond substituents is 1. The van der Waals surface area contributed by atoms with Crippen LogP contribution < -0.4 is 24.4 Å². The molecular weight excluding hydrogens is 488 g/mol. The molecule has 1 aliphatic rings. The maximum atomic E-state index is 13.7. The van der Waals surface area contributed by atoms with Crippen LogP contribution in [0.15, 0.2) is 64.0 Å². The second kappa shape index (κ2) is 10.1. The zero-order chi connectivity index (χ0) is 27.0. The summed E-state index contributed by atoms with van der Waals surface area (Å²) in [5.74, 6) is 1.03. The Bertz CT molecular complexity index is 1570. The number of hydrogen-bond acceptors (Lipinski definition) is 8. The molecule has 5 rings (SSSR count). The van der Waals surface area contributed by atoms with E-state index in [1.54, 1.807) is 18.2 Å². The number of carbonyl (C=O) groups is 1. The summed E-state index contributed by atoms with van der Waals surface area (Å²) < 4.78 is 27.9. The van der Waals surface area contributed by atoms with Gasteiger partial charge in [-0.2, -0.15) is 0 Å². The van der Waals surface area contributed by atoms with Crippen LogP contribution in [0.2, 0.25) is 0 Å². The van der Waals surface area contributed by atoms with Gasteiger partial charge in [-0.25, -0.2) is 0 Å². The molecule has 0 unspecified atom stereocenters. The van der Waals surface area contributed by atoms with Crippen LogP contribution in [0.1, 0.15) is 37.3 Å². The molecule has 1 aliphatic heterocycles. The molecule has 0 aliphatic carbocycles. The first-order chi connectivity index (χ1) is 18.3. The highest BCUT2D eigenvalue weighted by molar-refractivity contribution is 5.94. The summed E-state index contributed by atoms with van der Waals surface area (Å²) in [4.78, 5) is 26.1. The number of methoxy groups -OCH3 is 2. The van der Waals surface area contributed by atoms with Crippen LogP contribution in [0.5, 0.6) is 28.7 Å². The highest BCUT2D eigenvalue weighted by Crippen LogP contribution is 2.46. The van der Waals surface area contributed by atoms with Crippen molar-refractivity contribution in [2.75, 3.05) is 20.8 Å². The van der Waals surface area contributed by atoms with E-state index in [1.807, 2.05) is 24.3 Å². The first-order valence-corrected chi connectivity index (χ1v) is 12.3. The van der Waals surface area contributed by atoms with E-state index in [4.69, 9.17) is 23.4 Å². The molecule has 0 spiro atoms. The molecule has 8 heteroatoms. The third-order valence-corrected chi connectivity index (χ3v) is 6.53. The largest absolute Gasteiger partial charge is 0.507 e. The van der Waals surface area contributed by atoms with Crippen molar-refractivity contribution in [2.24, 2.45) is 5.92 Å². The number of fused-ring (bicyclic) bond motifs is 3.